The number of hydrogen-bond acceptors (Lipinski definition) is 4. The molecule has 14 heavy (non-hydrogen) atoms. The van der Waals surface area contributed by atoms with Crippen molar-refractivity contribution in [1.82, 2.24) is 0 Å². The summed E-state index contributed by atoms with van der Waals surface area (Å²) in [6.07, 6.45) is 0. The number of carbonyl (C=O) groups excluding carboxylic acids is 1. The molecule has 0 saturated carbocycles. The number of carbonyl (C=O) groups is 1. The minimum absolute atomic E-state index is 0.00759. The summed E-state index contributed by atoms with van der Waals surface area (Å²) in [5.41, 5.74) is 6.21. The van der Waals surface area contributed by atoms with Crippen molar-refractivity contribution < 1.29 is 14.6 Å². The quantitative estimate of drug-likeness (QED) is 0.701. The Bertz CT molecular complexity index is 361. The van der Waals surface area contributed by atoms with E-state index in [0.29, 0.717) is 11.1 Å². The zero-order valence-electron chi connectivity index (χ0n) is 8.20. The highest BCUT2D eigenvalue weighted by atomic mass is 16.5. The first-order valence-electron chi connectivity index (χ1n) is 4.21. The van der Waals surface area contributed by atoms with E-state index in [1.54, 1.807) is 19.1 Å². The van der Waals surface area contributed by atoms with Crippen LogP contribution in [0.2, 0.25) is 0 Å². The second-order valence-corrected chi connectivity index (χ2v) is 2.94. The van der Waals surface area contributed by atoms with Crippen LogP contribution in [0.5, 0.6) is 11.5 Å². The molecule has 0 atom stereocenters. The van der Waals surface area contributed by atoms with E-state index in [4.69, 9.17) is 10.5 Å². The van der Waals surface area contributed by atoms with E-state index < -0.39 is 0 Å². The minimum atomic E-state index is -0.253. The third kappa shape index (κ3) is 1.70. The Morgan fingerprint density at radius 3 is 2.71 bits per heavy atom. The van der Waals surface area contributed by atoms with Crippen LogP contribution in [0.25, 0.3) is 0 Å². The van der Waals surface area contributed by atoms with E-state index >= 15 is 0 Å². The zero-order valence-corrected chi connectivity index (χ0v) is 8.20. The number of nitrogens with two attached hydrogens (primary N) is 1. The predicted molar refractivity (Wildman–Crippen MR) is 52.8 cm³/mol. The van der Waals surface area contributed by atoms with Crippen LogP contribution < -0.4 is 10.5 Å². The second-order valence-electron chi connectivity index (χ2n) is 2.94. The molecule has 0 aliphatic carbocycles. The molecule has 3 N–H and O–H groups in total. The zero-order chi connectivity index (χ0) is 10.7. The van der Waals surface area contributed by atoms with Gasteiger partial charge in [-0.2, -0.15) is 0 Å². The van der Waals surface area contributed by atoms with Gasteiger partial charge < -0.3 is 15.6 Å². The molecular weight excluding hydrogens is 182 g/mol. The van der Waals surface area contributed by atoms with Crippen molar-refractivity contribution >= 4 is 5.78 Å². The molecular formula is C10H13NO3. The average Bonchev–Trinajstić information content (AvgIpc) is 2.20. The fourth-order valence-corrected chi connectivity index (χ4v) is 1.21. The lowest BCUT2D eigenvalue weighted by molar-refractivity contribution is 0.0998. The molecule has 0 bridgehead atoms. The van der Waals surface area contributed by atoms with Crippen molar-refractivity contribution in [1.29, 1.82) is 0 Å². The number of hydrogen-bond donors (Lipinski definition) is 2. The Balaban J connectivity index is 3.31. The third-order valence-corrected chi connectivity index (χ3v) is 2.02. The lowest BCUT2D eigenvalue weighted by atomic mass is 10.1. The molecule has 0 aliphatic heterocycles. The van der Waals surface area contributed by atoms with Gasteiger partial charge in [0.05, 0.1) is 19.2 Å². The maximum absolute atomic E-state index is 11.3. The van der Waals surface area contributed by atoms with Gasteiger partial charge in [-0.3, -0.25) is 4.79 Å². The fraction of sp³-hybridized carbons (Fsp3) is 0.300. The van der Waals surface area contributed by atoms with Crippen LogP contribution in [-0.2, 0) is 0 Å². The normalized spacial score (nSPS) is 9.93. The van der Waals surface area contributed by atoms with Crippen LogP contribution in [0.1, 0.15) is 15.9 Å². The number of rotatable bonds is 3. The number of phenolic OH excluding ortho intramolecular Hbond substituents is 1. The van der Waals surface area contributed by atoms with Gasteiger partial charge in [-0.05, 0) is 18.6 Å². The Morgan fingerprint density at radius 1 is 1.57 bits per heavy atom. The van der Waals surface area contributed by atoms with Gasteiger partial charge in [0.25, 0.3) is 0 Å². The first kappa shape index (κ1) is 10.5. The van der Waals surface area contributed by atoms with Crippen molar-refractivity contribution in [2.45, 2.75) is 6.92 Å². The molecule has 0 radical (unpaired) electrons. The Kier molecular flexibility index (Phi) is 3.09. The third-order valence-electron chi connectivity index (χ3n) is 2.02. The van der Waals surface area contributed by atoms with Crippen LogP contribution in [0.15, 0.2) is 12.1 Å². The molecule has 0 aromatic heterocycles. The molecule has 0 heterocycles. The second kappa shape index (κ2) is 4.11. The van der Waals surface area contributed by atoms with Crippen molar-refractivity contribution in [3.8, 4) is 11.5 Å². The number of phenols is 1. The molecule has 1 rings (SSSR count). The van der Waals surface area contributed by atoms with Crippen molar-refractivity contribution in [3.63, 3.8) is 0 Å². The van der Waals surface area contributed by atoms with Crippen molar-refractivity contribution in [2.24, 2.45) is 5.73 Å². The van der Waals surface area contributed by atoms with Crippen LogP contribution >= 0.6 is 0 Å². The van der Waals surface area contributed by atoms with Gasteiger partial charge in [-0.1, -0.05) is 6.07 Å². The predicted octanol–water partition coefficient (Wildman–Crippen LogP) is 0.851. The first-order chi connectivity index (χ1) is 6.61. The molecule has 0 unspecified atom stereocenters. The van der Waals surface area contributed by atoms with Gasteiger partial charge in [0, 0.05) is 0 Å². The monoisotopic (exact) mass is 195 g/mol. The summed E-state index contributed by atoms with van der Waals surface area (Å²) in [7, 11) is 1.40. The average molecular weight is 195 g/mol. The van der Waals surface area contributed by atoms with Gasteiger partial charge in [-0.15, -0.1) is 0 Å². The summed E-state index contributed by atoms with van der Waals surface area (Å²) in [6.45, 7) is 1.63. The largest absolute Gasteiger partial charge is 0.504 e. The summed E-state index contributed by atoms with van der Waals surface area (Å²) in [5, 5.41) is 9.60. The van der Waals surface area contributed by atoms with Gasteiger partial charge in [-0.25, -0.2) is 0 Å². The summed E-state index contributed by atoms with van der Waals surface area (Å²) in [5.74, 6) is -0.0654. The Morgan fingerprint density at radius 2 is 2.21 bits per heavy atom. The van der Waals surface area contributed by atoms with Crippen LogP contribution in [0.4, 0.5) is 0 Å². The molecule has 1 aromatic carbocycles. The first-order valence-corrected chi connectivity index (χ1v) is 4.21. The lowest BCUT2D eigenvalue weighted by Crippen LogP contribution is -2.14. The molecule has 0 amide bonds. The topological polar surface area (TPSA) is 72.5 Å². The number of ether oxygens (including phenoxy) is 1. The highest BCUT2D eigenvalue weighted by Crippen LogP contribution is 2.33. The number of benzene rings is 1. The van der Waals surface area contributed by atoms with E-state index in [9.17, 15) is 9.90 Å². The number of aromatic hydroxyl groups is 1. The Labute approximate surface area is 82.3 Å². The van der Waals surface area contributed by atoms with Gasteiger partial charge in [0.1, 0.15) is 0 Å². The molecule has 76 valence electrons. The van der Waals surface area contributed by atoms with Gasteiger partial charge in [0.2, 0.25) is 0 Å². The minimum Gasteiger partial charge on any atom is -0.504 e. The summed E-state index contributed by atoms with van der Waals surface area (Å²) in [4.78, 5) is 11.3. The van der Waals surface area contributed by atoms with Crippen LogP contribution in [0.3, 0.4) is 0 Å². The highest BCUT2D eigenvalue weighted by Gasteiger charge is 2.15. The highest BCUT2D eigenvalue weighted by molar-refractivity contribution is 6.00. The molecule has 0 fully saturated rings. The Hall–Kier alpha value is -1.55. The summed E-state index contributed by atoms with van der Waals surface area (Å²) >= 11 is 0. The summed E-state index contributed by atoms with van der Waals surface area (Å²) in [6, 6.07) is 3.25. The van der Waals surface area contributed by atoms with E-state index in [1.807, 2.05) is 0 Å². The molecule has 0 saturated heterocycles. The molecule has 0 aliphatic rings. The number of Topliss-reactive ketones (excluding diaryl/α,β-unsaturated/α-hetero) is 1. The SMILES string of the molecule is COc1c(C(=O)CN)ccc(C)c1O. The number of aryl methyl sites for hydroxylation is 1. The fourth-order valence-electron chi connectivity index (χ4n) is 1.21. The molecule has 0 spiro atoms. The van der Waals surface area contributed by atoms with Crippen LogP contribution in [-0.4, -0.2) is 24.5 Å². The smallest absolute Gasteiger partial charge is 0.180 e. The molecule has 4 nitrogen and oxygen atoms in total. The van der Waals surface area contributed by atoms with Crippen molar-refractivity contribution in [3.05, 3.63) is 23.3 Å². The molecule has 4 heteroatoms. The van der Waals surface area contributed by atoms with Crippen LogP contribution in [0, 0.1) is 6.92 Å². The van der Waals surface area contributed by atoms with E-state index in [2.05, 4.69) is 0 Å². The maximum Gasteiger partial charge on any atom is 0.180 e. The lowest BCUT2D eigenvalue weighted by Gasteiger charge is -2.10. The van der Waals surface area contributed by atoms with Gasteiger partial charge >= 0.3 is 0 Å². The van der Waals surface area contributed by atoms with Gasteiger partial charge in [0.15, 0.2) is 17.3 Å². The molecule has 1 aromatic rings. The van der Waals surface area contributed by atoms with E-state index in [1.165, 1.54) is 7.11 Å². The van der Waals surface area contributed by atoms with Crippen molar-refractivity contribution in [2.75, 3.05) is 13.7 Å². The van der Waals surface area contributed by atoms with E-state index in [0.717, 1.165) is 0 Å². The van der Waals surface area contributed by atoms with E-state index in [-0.39, 0.29) is 23.8 Å². The number of methoxy groups -OCH3 is 1. The maximum atomic E-state index is 11.3. The standard InChI is InChI=1S/C10H13NO3/c1-6-3-4-7(8(12)5-11)10(14-2)9(6)13/h3-4,13H,5,11H2,1-2H3. The number of ketones is 1. The summed E-state index contributed by atoms with van der Waals surface area (Å²) < 4.78 is 4.95.